The lowest BCUT2D eigenvalue weighted by Crippen LogP contribution is -2.37. The lowest BCUT2D eigenvalue weighted by molar-refractivity contribution is 0.0604. The third-order valence-electron chi connectivity index (χ3n) is 4.59. The number of anilines is 1. The van der Waals surface area contributed by atoms with E-state index in [0.717, 1.165) is 17.1 Å². The van der Waals surface area contributed by atoms with E-state index in [4.69, 9.17) is 20.3 Å². The second kappa shape index (κ2) is 8.31. The fourth-order valence-corrected chi connectivity index (χ4v) is 3.21. The fourth-order valence-electron chi connectivity index (χ4n) is 3.21. The summed E-state index contributed by atoms with van der Waals surface area (Å²) in [6, 6.07) is 7.42. The van der Waals surface area contributed by atoms with Gasteiger partial charge in [-0.1, -0.05) is 0 Å². The van der Waals surface area contributed by atoms with Gasteiger partial charge >= 0.3 is 6.09 Å². The molecule has 3 aromatic heterocycles. The van der Waals surface area contributed by atoms with Gasteiger partial charge in [-0.25, -0.2) is 9.78 Å². The Morgan fingerprint density at radius 3 is 2.58 bits per heavy atom. The number of hydrogen-bond acceptors (Lipinski definition) is 7. The molecule has 1 fully saturated rings. The zero-order chi connectivity index (χ0) is 22.0. The van der Waals surface area contributed by atoms with Gasteiger partial charge in [-0.05, 0) is 32.9 Å². The molecule has 31 heavy (non-hydrogen) atoms. The first kappa shape index (κ1) is 20.7. The molecular formula is C21H25N7O3. The third kappa shape index (κ3) is 4.80. The second-order valence-corrected chi connectivity index (χ2v) is 8.11. The number of aromatic nitrogens is 4. The number of ether oxygens (including phenoxy) is 2. The van der Waals surface area contributed by atoms with Crippen LogP contribution in [0.5, 0.6) is 0 Å². The number of fused-ring (bicyclic) bond motifs is 1. The van der Waals surface area contributed by atoms with Crippen molar-refractivity contribution in [1.29, 1.82) is 0 Å². The Bertz CT molecular complexity index is 1110. The summed E-state index contributed by atoms with van der Waals surface area (Å²) >= 11 is 0. The van der Waals surface area contributed by atoms with Crippen molar-refractivity contribution in [2.24, 2.45) is 10.7 Å². The third-order valence-corrected chi connectivity index (χ3v) is 4.59. The number of rotatable bonds is 3. The number of carbonyl (C=O) groups excluding carboxylic acids is 1. The molecular weight excluding hydrogens is 398 g/mol. The highest BCUT2D eigenvalue weighted by Crippen LogP contribution is 2.24. The standard InChI is InChI=1S/C21H25N7O3/c1-21(2,3)31-20(29)25-19(22)16-13-18(27-8-10-30-11-9-27)28-17(24-16)12-15(26-28)14-4-6-23-7-5-14/h4-7,12-13H,8-11H2,1-3H3,(H2,22,25,29). The summed E-state index contributed by atoms with van der Waals surface area (Å²) in [7, 11) is 0. The van der Waals surface area contributed by atoms with Crippen molar-refractivity contribution in [1.82, 2.24) is 19.6 Å². The van der Waals surface area contributed by atoms with Crippen LogP contribution in [0.3, 0.4) is 0 Å². The Hall–Kier alpha value is -3.53. The zero-order valence-corrected chi connectivity index (χ0v) is 17.8. The predicted molar refractivity (Wildman–Crippen MR) is 116 cm³/mol. The fraction of sp³-hybridized carbons (Fsp3) is 0.381. The van der Waals surface area contributed by atoms with Crippen molar-refractivity contribution < 1.29 is 14.3 Å². The first-order valence-electron chi connectivity index (χ1n) is 10.0. The van der Waals surface area contributed by atoms with Crippen molar-refractivity contribution in [2.45, 2.75) is 26.4 Å². The Kier molecular flexibility index (Phi) is 5.55. The number of morpholine rings is 1. The topological polar surface area (TPSA) is 120 Å². The lowest BCUT2D eigenvalue weighted by Gasteiger charge is -2.29. The van der Waals surface area contributed by atoms with E-state index in [9.17, 15) is 4.79 Å². The summed E-state index contributed by atoms with van der Waals surface area (Å²) in [5.74, 6) is 0.781. The molecule has 0 radical (unpaired) electrons. The quantitative estimate of drug-likeness (QED) is 0.503. The zero-order valence-electron chi connectivity index (χ0n) is 17.8. The van der Waals surface area contributed by atoms with Gasteiger partial charge in [0.1, 0.15) is 17.1 Å². The Morgan fingerprint density at radius 2 is 1.90 bits per heavy atom. The van der Waals surface area contributed by atoms with Crippen LogP contribution in [0.4, 0.5) is 10.6 Å². The van der Waals surface area contributed by atoms with Gasteiger partial charge in [-0.2, -0.15) is 14.6 Å². The molecule has 4 heterocycles. The molecule has 0 bridgehead atoms. The van der Waals surface area contributed by atoms with Gasteiger partial charge in [0.2, 0.25) is 0 Å². The summed E-state index contributed by atoms with van der Waals surface area (Å²) < 4.78 is 12.5. The van der Waals surface area contributed by atoms with Crippen molar-refractivity contribution in [3.8, 4) is 11.3 Å². The van der Waals surface area contributed by atoms with Gasteiger partial charge in [0.05, 0.1) is 18.9 Å². The van der Waals surface area contributed by atoms with E-state index >= 15 is 0 Å². The molecule has 0 unspecified atom stereocenters. The van der Waals surface area contributed by atoms with Gasteiger partial charge in [0, 0.05) is 43.2 Å². The molecule has 162 valence electrons. The highest BCUT2D eigenvalue weighted by molar-refractivity contribution is 6.02. The highest BCUT2D eigenvalue weighted by atomic mass is 16.6. The SMILES string of the molecule is CC(C)(C)OC(=O)/N=C(\N)c1cc(N2CCOCC2)n2nc(-c3ccncc3)cc2n1. The molecule has 0 aliphatic carbocycles. The first-order valence-corrected chi connectivity index (χ1v) is 10.0. The molecule has 1 aliphatic heterocycles. The Morgan fingerprint density at radius 1 is 1.19 bits per heavy atom. The molecule has 0 spiro atoms. The van der Waals surface area contributed by atoms with E-state index in [1.807, 2.05) is 18.2 Å². The minimum atomic E-state index is -0.759. The van der Waals surface area contributed by atoms with Crippen molar-refractivity contribution in [3.05, 3.63) is 42.4 Å². The number of amidine groups is 1. The van der Waals surface area contributed by atoms with Crippen LogP contribution in [0.15, 0.2) is 41.7 Å². The molecule has 0 aromatic carbocycles. The summed E-state index contributed by atoms with van der Waals surface area (Å²) in [5, 5.41) is 4.74. The van der Waals surface area contributed by atoms with Crippen molar-refractivity contribution >= 4 is 23.4 Å². The average molecular weight is 423 g/mol. The molecule has 2 N–H and O–H groups in total. The van der Waals surface area contributed by atoms with E-state index in [-0.39, 0.29) is 5.84 Å². The van der Waals surface area contributed by atoms with Crippen LogP contribution in [0.25, 0.3) is 16.9 Å². The molecule has 1 saturated heterocycles. The van der Waals surface area contributed by atoms with Gasteiger partial charge in [-0.15, -0.1) is 0 Å². The van der Waals surface area contributed by atoms with Gasteiger partial charge in [-0.3, -0.25) is 4.98 Å². The van der Waals surface area contributed by atoms with Gasteiger partial charge in [0.25, 0.3) is 0 Å². The molecule has 10 heteroatoms. The van der Waals surface area contributed by atoms with E-state index in [0.29, 0.717) is 37.6 Å². The lowest BCUT2D eigenvalue weighted by atomic mass is 10.2. The van der Waals surface area contributed by atoms with E-state index < -0.39 is 11.7 Å². The van der Waals surface area contributed by atoms with Crippen molar-refractivity contribution in [2.75, 3.05) is 31.2 Å². The van der Waals surface area contributed by atoms with Gasteiger partial charge < -0.3 is 20.1 Å². The number of nitrogens with two attached hydrogens (primary N) is 1. The first-order chi connectivity index (χ1) is 14.8. The van der Waals surface area contributed by atoms with E-state index in [1.54, 1.807) is 43.7 Å². The minimum absolute atomic E-state index is 0.0158. The molecule has 4 rings (SSSR count). The van der Waals surface area contributed by atoms with Crippen LogP contribution in [0, 0.1) is 0 Å². The second-order valence-electron chi connectivity index (χ2n) is 8.11. The molecule has 0 atom stereocenters. The van der Waals surface area contributed by atoms with E-state index in [1.165, 1.54) is 0 Å². The average Bonchev–Trinajstić information content (AvgIpc) is 3.17. The predicted octanol–water partition coefficient (Wildman–Crippen LogP) is 2.27. The number of carbonyl (C=O) groups is 1. The summed E-state index contributed by atoms with van der Waals surface area (Å²) in [6.45, 7) is 7.93. The molecule has 1 aliphatic rings. The largest absolute Gasteiger partial charge is 0.442 e. The highest BCUT2D eigenvalue weighted by Gasteiger charge is 2.21. The van der Waals surface area contributed by atoms with E-state index in [2.05, 4.69) is 19.9 Å². The van der Waals surface area contributed by atoms with Crippen LogP contribution in [0.2, 0.25) is 0 Å². The number of amides is 1. The normalized spacial score (nSPS) is 15.3. The summed E-state index contributed by atoms with van der Waals surface area (Å²) in [6.07, 6.45) is 2.67. The summed E-state index contributed by atoms with van der Waals surface area (Å²) in [4.78, 5) is 26.8. The molecule has 10 nitrogen and oxygen atoms in total. The minimum Gasteiger partial charge on any atom is -0.442 e. The maximum atomic E-state index is 12.1. The maximum absolute atomic E-state index is 12.1. The monoisotopic (exact) mass is 423 g/mol. The van der Waals surface area contributed by atoms with Crippen molar-refractivity contribution in [3.63, 3.8) is 0 Å². The Balaban J connectivity index is 1.78. The van der Waals surface area contributed by atoms with Crippen LogP contribution >= 0.6 is 0 Å². The number of hydrogen-bond donors (Lipinski definition) is 1. The smallest absolute Gasteiger partial charge is 0.436 e. The maximum Gasteiger partial charge on any atom is 0.436 e. The Labute approximate surface area is 179 Å². The summed E-state index contributed by atoms with van der Waals surface area (Å²) in [5.41, 5.74) is 8.11. The van der Waals surface area contributed by atoms with Crippen LogP contribution in [-0.4, -0.2) is 63.4 Å². The van der Waals surface area contributed by atoms with Crippen LogP contribution in [0.1, 0.15) is 26.5 Å². The number of nitrogens with zero attached hydrogens (tertiary/aromatic N) is 6. The van der Waals surface area contributed by atoms with Crippen LogP contribution < -0.4 is 10.6 Å². The number of aliphatic imine (C=N–C) groups is 1. The molecule has 0 saturated carbocycles. The molecule has 3 aromatic rings. The van der Waals surface area contributed by atoms with Gasteiger partial charge in [0.15, 0.2) is 11.5 Å². The van der Waals surface area contributed by atoms with Crippen LogP contribution in [-0.2, 0) is 9.47 Å². The number of pyridine rings is 1. The molecule has 1 amide bonds.